The number of allylic oxidation sites excluding steroid dienone is 1. The Bertz CT molecular complexity index is 235. The van der Waals surface area contributed by atoms with Crippen molar-refractivity contribution in [1.29, 1.82) is 0 Å². The van der Waals surface area contributed by atoms with E-state index in [0.717, 1.165) is 6.42 Å². The number of carbonyl (C=O) groups excluding carboxylic acids is 1. The Hall–Kier alpha value is -0.840. The topological polar surface area (TPSA) is 41.1 Å². The largest absolute Gasteiger partial charge is 0.370 e. The molecule has 0 saturated carbocycles. The third kappa shape index (κ3) is 2.55. The summed E-state index contributed by atoms with van der Waals surface area (Å²) < 4.78 is 23.8. The van der Waals surface area contributed by atoms with Crippen molar-refractivity contribution in [1.82, 2.24) is 10.6 Å². The van der Waals surface area contributed by atoms with Gasteiger partial charge >= 0.3 is 6.43 Å². The highest BCUT2D eigenvalue weighted by molar-refractivity contribution is 6.43. The van der Waals surface area contributed by atoms with E-state index in [1.807, 2.05) is 0 Å². The van der Waals surface area contributed by atoms with Crippen LogP contribution in [-0.4, -0.2) is 25.3 Å². The smallest absolute Gasteiger partial charge is 0.301 e. The molecular weight excluding hydrogens is 202 g/mol. The minimum atomic E-state index is -3.05. The van der Waals surface area contributed by atoms with Gasteiger partial charge in [-0.2, -0.15) is 0 Å². The number of nitrogens with one attached hydrogen (secondary N) is 2. The Labute approximate surface area is 79.1 Å². The van der Waals surface area contributed by atoms with Crippen LogP contribution < -0.4 is 10.6 Å². The molecule has 1 fully saturated rings. The minimum Gasteiger partial charge on any atom is -0.370 e. The van der Waals surface area contributed by atoms with Crippen molar-refractivity contribution in [2.24, 2.45) is 0 Å². The number of Topliss-reactive ketones (excluding diaryl/α,β-unsaturated/α-hetero) is 1. The summed E-state index contributed by atoms with van der Waals surface area (Å²) in [4.78, 5) is 10.7. The number of rotatable bonds is 2. The molecule has 1 heterocycles. The summed E-state index contributed by atoms with van der Waals surface area (Å²) in [5, 5.41) is 5.02. The molecule has 0 unspecified atom stereocenters. The molecule has 3 nitrogen and oxygen atoms in total. The zero-order valence-corrected chi connectivity index (χ0v) is 7.50. The maximum Gasteiger partial charge on any atom is 0.301 e. The summed E-state index contributed by atoms with van der Waals surface area (Å²) in [5.74, 6) is -1.14. The molecule has 0 aromatic heterocycles. The molecule has 0 spiro atoms. The Balaban J connectivity index is 2.71. The third-order valence-electron chi connectivity index (χ3n) is 1.59. The van der Waals surface area contributed by atoms with Crippen molar-refractivity contribution in [3.8, 4) is 0 Å². The molecule has 1 aliphatic heterocycles. The zero-order chi connectivity index (χ0) is 9.84. The quantitative estimate of drug-likeness (QED) is 0.663. The van der Waals surface area contributed by atoms with Gasteiger partial charge in [0.05, 0.1) is 0 Å². The average molecular weight is 211 g/mol. The summed E-state index contributed by atoms with van der Waals surface area (Å²) in [7, 11) is 0. The van der Waals surface area contributed by atoms with E-state index < -0.39 is 17.2 Å². The Morgan fingerprint density at radius 2 is 1.92 bits per heavy atom. The number of alkyl halides is 2. The highest BCUT2D eigenvalue weighted by Gasteiger charge is 2.23. The number of ketones is 1. The van der Waals surface area contributed by atoms with Gasteiger partial charge in [0.15, 0.2) is 0 Å². The van der Waals surface area contributed by atoms with Gasteiger partial charge in [0, 0.05) is 13.1 Å². The molecule has 0 aromatic rings. The lowest BCUT2D eigenvalue weighted by atomic mass is 10.3. The second-order valence-electron chi connectivity index (χ2n) is 2.56. The van der Waals surface area contributed by atoms with E-state index in [-0.39, 0.29) is 5.82 Å². The van der Waals surface area contributed by atoms with Crippen LogP contribution in [0.5, 0.6) is 0 Å². The van der Waals surface area contributed by atoms with Crippen molar-refractivity contribution in [3.05, 3.63) is 10.9 Å². The molecule has 2 N–H and O–H groups in total. The van der Waals surface area contributed by atoms with Gasteiger partial charge in [-0.1, -0.05) is 11.6 Å². The first-order chi connectivity index (χ1) is 6.13. The van der Waals surface area contributed by atoms with E-state index in [0.29, 0.717) is 13.1 Å². The molecule has 0 bridgehead atoms. The SMILES string of the molecule is O=C(C(Cl)=C1NCCCN1)C(F)F. The van der Waals surface area contributed by atoms with Crippen molar-refractivity contribution in [3.63, 3.8) is 0 Å². The molecule has 0 aromatic carbocycles. The first-order valence-corrected chi connectivity index (χ1v) is 4.20. The van der Waals surface area contributed by atoms with Gasteiger partial charge in [0.25, 0.3) is 0 Å². The third-order valence-corrected chi connectivity index (χ3v) is 1.97. The van der Waals surface area contributed by atoms with Crippen LogP contribution in [0, 0.1) is 0 Å². The van der Waals surface area contributed by atoms with Gasteiger partial charge in [0.1, 0.15) is 10.9 Å². The first kappa shape index (κ1) is 10.2. The van der Waals surface area contributed by atoms with Gasteiger partial charge in [-0.05, 0) is 6.42 Å². The first-order valence-electron chi connectivity index (χ1n) is 3.83. The maximum absolute atomic E-state index is 11.9. The second kappa shape index (κ2) is 4.41. The molecule has 0 atom stereocenters. The van der Waals surface area contributed by atoms with E-state index in [1.165, 1.54) is 0 Å². The molecule has 0 aliphatic carbocycles. The van der Waals surface area contributed by atoms with E-state index in [1.54, 1.807) is 0 Å². The summed E-state index contributed by atoms with van der Waals surface area (Å²) in [6.45, 7) is 1.27. The summed E-state index contributed by atoms with van der Waals surface area (Å²) in [5.41, 5.74) is 0. The Morgan fingerprint density at radius 3 is 2.38 bits per heavy atom. The lowest BCUT2D eigenvalue weighted by Crippen LogP contribution is -2.37. The van der Waals surface area contributed by atoms with E-state index >= 15 is 0 Å². The molecular formula is C7H9ClF2N2O. The number of hydrogen-bond donors (Lipinski definition) is 2. The molecule has 1 aliphatic rings. The summed E-state index contributed by atoms with van der Waals surface area (Å²) in [6, 6.07) is 0. The standard InChI is InChI=1S/C7H9ClF2N2O/c8-4(5(13)6(9)10)7-11-2-1-3-12-7/h6,11-12H,1-3H2. The predicted octanol–water partition coefficient (Wildman–Crippen LogP) is 0.811. The fourth-order valence-electron chi connectivity index (χ4n) is 0.952. The van der Waals surface area contributed by atoms with Gasteiger partial charge < -0.3 is 10.6 Å². The molecule has 1 rings (SSSR count). The maximum atomic E-state index is 11.9. The van der Waals surface area contributed by atoms with E-state index in [9.17, 15) is 13.6 Å². The molecule has 0 radical (unpaired) electrons. The summed E-state index contributed by atoms with van der Waals surface area (Å²) >= 11 is 5.43. The fourth-order valence-corrected chi connectivity index (χ4v) is 1.17. The van der Waals surface area contributed by atoms with E-state index in [4.69, 9.17) is 11.6 Å². The summed E-state index contributed by atoms with van der Waals surface area (Å²) in [6.07, 6.45) is -2.18. The van der Waals surface area contributed by atoms with Crippen LogP contribution in [0.15, 0.2) is 10.9 Å². The second-order valence-corrected chi connectivity index (χ2v) is 2.94. The number of halogens is 3. The highest BCUT2D eigenvalue weighted by atomic mass is 35.5. The Morgan fingerprint density at radius 1 is 1.38 bits per heavy atom. The normalized spacial score (nSPS) is 16.5. The Kier molecular flexibility index (Phi) is 3.48. The van der Waals surface area contributed by atoms with Crippen molar-refractivity contribution >= 4 is 17.4 Å². The highest BCUT2D eigenvalue weighted by Crippen LogP contribution is 2.13. The van der Waals surface area contributed by atoms with Crippen molar-refractivity contribution in [2.45, 2.75) is 12.8 Å². The van der Waals surface area contributed by atoms with Crippen molar-refractivity contribution in [2.75, 3.05) is 13.1 Å². The fraction of sp³-hybridized carbons (Fsp3) is 0.571. The molecule has 74 valence electrons. The van der Waals surface area contributed by atoms with Gasteiger partial charge in [-0.15, -0.1) is 0 Å². The van der Waals surface area contributed by atoms with Crippen LogP contribution in [0.1, 0.15) is 6.42 Å². The van der Waals surface area contributed by atoms with E-state index in [2.05, 4.69) is 10.6 Å². The van der Waals surface area contributed by atoms with Crippen LogP contribution in [-0.2, 0) is 4.79 Å². The van der Waals surface area contributed by atoms with Crippen LogP contribution in [0.25, 0.3) is 0 Å². The molecule has 6 heteroatoms. The molecule has 13 heavy (non-hydrogen) atoms. The van der Waals surface area contributed by atoms with Crippen molar-refractivity contribution < 1.29 is 13.6 Å². The minimum absolute atomic E-state index is 0.207. The van der Waals surface area contributed by atoms with Crippen LogP contribution in [0.2, 0.25) is 0 Å². The predicted molar refractivity (Wildman–Crippen MR) is 44.5 cm³/mol. The van der Waals surface area contributed by atoms with Crippen LogP contribution >= 0.6 is 11.6 Å². The molecule has 0 amide bonds. The van der Waals surface area contributed by atoms with Gasteiger partial charge in [-0.25, -0.2) is 8.78 Å². The number of hydrogen-bond acceptors (Lipinski definition) is 3. The monoisotopic (exact) mass is 210 g/mol. The average Bonchev–Trinajstić information content (AvgIpc) is 2.17. The molecule has 1 saturated heterocycles. The number of carbonyl (C=O) groups is 1. The lowest BCUT2D eigenvalue weighted by molar-refractivity contribution is -0.125. The zero-order valence-electron chi connectivity index (χ0n) is 6.74. The van der Waals surface area contributed by atoms with Crippen LogP contribution in [0.4, 0.5) is 8.78 Å². The van der Waals surface area contributed by atoms with Crippen LogP contribution in [0.3, 0.4) is 0 Å². The lowest BCUT2D eigenvalue weighted by Gasteiger charge is -2.19. The van der Waals surface area contributed by atoms with Gasteiger partial charge in [-0.3, -0.25) is 4.79 Å². The van der Waals surface area contributed by atoms with Gasteiger partial charge in [0.2, 0.25) is 5.78 Å².